The number of carbonyl (C=O) groups excluding carboxylic acids is 2. The van der Waals surface area contributed by atoms with Crippen LogP contribution in [0.15, 0.2) is 18.5 Å². The second-order valence-corrected chi connectivity index (χ2v) is 11.8. The molecule has 1 aliphatic heterocycles. The molecule has 0 spiro atoms. The Morgan fingerprint density at radius 2 is 1.92 bits per heavy atom. The summed E-state index contributed by atoms with van der Waals surface area (Å²) in [6, 6.07) is 0.975. The number of amides is 2. The van der Waals surface area contributed by atoms with Crippen LogP contribution in [-0.2, 0) is 16.1 Å². The number of aromatic nitrogens is 5. The number of hydrogen-bond acceptors (Lipinski definition) is 6. The van der Waals surface area contributed by atoms with E-state index in [1.807, 2.05) is 37.7 Å². The molecule has 2 aromatic heterocycles. The molecule has 36 heavy (non-hydrogen) atoms. The molecule has 1 saturated heterocycles. The topological polar surface area (TPSA) is 118 Å². The number of likely N-dealkylation sites (tertiary alicyclic amines) is 1. The monoisotopic (exact) mass is 497 g/mol. The molecule has 5 rings (SSSR count). The fraction of sp³-hybridized carbons (Fsp3) is 0.731. The molecule has 0 aromatic carbocycles. The number of aliphatic hydroxyl groups excluding tert-OH is 1. The highest BCUT2D eigenvalue weighted by molar-refractivity contribution is 5.90. The summed E-state index contributed by atoms with van der Waals surface area (Å²) in [6.45, 7) is 6.44. The van der Waals surface area contributed by atoms with Crippen LogP contribution in [0.5, 0.6) is 0 Å². The number of nitrogens with zero attached hydrogens (tertiary/aromatic N) is 6. The van der Waals surface area contributed by atoms with E-state index in [0.29, 0.717) is 18.5 Å². The molecule has 2 unspecified atom stereocenters. The van der Waals surface area contributed by atoms with Crippen molar-refractivity contribution in [3.8, 4) is 0 Å². The van der Waals surface area contributed by atoms with Crippen LogP contribution in [0, 0.1) is 5.41 Å². The summed E-state index contributed by atoms with van der Waals surface area (Å²) in [5.41, 5.74) is 1.43. The van der Waals surface area contributed by atoms with Crippen LogP contribution in [0.1, 0.15) is 102 Å². The molecule has 196 valence electrons. The first-order valence-corrected chi connectivity index (χ1v) is 13.4. The minimum absolute atomic E-state index is 0.133. The Morgan fingerprint density at radius 3 is 2.61 bits per heavy atom. The normalized spacial score (nSPS) is 24.2. The summed E-state index contributed by atoms with van der Waals surface area (Å²) >= 11 is 0. The van der Waals surface area contributed by atoms with Gasteiger partial charge in [-0.2, -0.15) is 5.10 Å². The smallest absolute Gasteiger partial charge is 0.248 e. The molecule has 3 atom stereocenters. The molecule has 2 aliphatic carbocycles. The van der Waals surface area contributed by atoms with Crippen LogP contribution in [0.25, 0.3) is 0 Å². The van der Waals surface area contributed by atoms with Gasteiger partial charge in [0.15, 0.2) is 0 Å². The Balaban J connectivity index is 1.29. The Morgan fingerprint density at radius 1 is 1.17 bits per heavy atom. The first-order valence-electron chi connectivity index (χ1n) is 13.4. The summed E-state index contributed by atoms with van der Waals surface area (Å²) in [5.74, 6) is -0.0245. The predicted molar refractivity (Wildman–Crippen MR) is 133 cm³/mol. The van der Waals surface area contributed by atoms with Gasteiger partial charge in [0, 0.05) is 31.3 Å². The molecule has 0 bridgehead atoms. The van der Waals surface area contributed by atoms with Gasteiger partial charge in [0.1, 0.15) is 12.1 Å². The maximum absolute atomic E-state index is 13.9. The van der Waals surface area contributed by atoms with E-state index >= 15 is 0 Å². The van der Waals surface area contributed by atoms with Gasteiger partial charge < -0.3 is 15.3 Å². The fourth-order valence-electron chi connectivity index (χ4n) is 5.76. The highest BCUT2D eigenvalue weighted by Gasteiger charge is 2.45. The molecule has 2 saturated carbocycles. The number of carbonyl (C=O) groups is 2. The lowest BCUT2D eigenvalue weighted by Gasteiger charge is -2.34. The third kappa shape index (κ3) is 5.19. The standard InChI is InChI=1S/C26H39N7O3/c1-26(2,3)23(32-16-21(29-30-32)17-9-10-17)25(36)31-15-20(34)13-22(31)24(35)27-14-19-11-12-28-33(19)18-7-5-4-6-8-18/h11-12,16-18,20,22-23,34H,4-10,13-15H2,1-3H3,(H,27,35)/t20?,22?,23-/m1/s1. The van der Waals surface area contributed by atoms with Crippen molar-refractivity contribution in [3.63, 3.8) is 0 Å². The Hall–Kier alpha value is -2.75. The molecule has 3 aliphatic rings. The van der Waals surface area contributed by atoms with Gasteiger partial charge in [-0.25, -0.2) is 4.68 Å². The van der Waals surface area contributed by atoms with Crippen molar-refractivity contribution in [2.75, 3.05) is 6.54 Å². The largest absolute Gasteiger partial charge is 0.391 e. The number of β-amino-alcohol motifs (C(OH)–C–C–N with tert-alkyl or cyclic N) is 1. The quantitative estimate of drug-likeness (QED) is 0.607. The molecule has 0 radical (unpaired) electrons. The van der Waals surface area contributed by atoms with Gasteiger partial charge in [0.25, 0.3) is 0 Å². The first kappa shape index (κ1) is 24.9. The highest BCUT2D eigenvalue weighted by atomic mass is 16.3. The van der Waals surface area contributed by atoms with Crippen LogP contribution >= 0.6 is 0 Å². The maximum atomic E-state index is 13.9. The molecule has 10 nitrogen and oxygen atoms in total. The van der Waals surface area contributed by atoms with Crippen molar-refractivity contribution in [2.45, 2.75) is 109 Å². The lowest BCUT2D eigenvalue weighted by Crippen LogP contribution is -2.50. The number of aliphatic hydroxyl groups is 1. The van der Waals surface area contributed by atoms with Crippen molar-refractivity contribution >= 4 is 11.8 Å². The Kier molecular flexibility index (Phi) is 6.89. The van der Waals surface area contributed by atoms with Crippen LogP contribution in [-0.4, -0.2) is 65.3 Å². The zero-order valence-corrected chi connectivity index (χ0v) is 21.6. The molecule has 3 fully saturated rings. The molecule has 2 amide bonds. The third-order valence-electron chi connectivity index (χ3n) is 7.82. The van der Waals surface area contributed by atoms with Gasteiger partial charge >= 0.3 is 0 Å². The lowest BCUT2D eigenvalue weighted by atomic mass is 9.85. The summed E-state index contributed by atoms with van der Waals surface area (Å²) < 4.78 is 3.70. The molecule has 10 heteroatoms. The summed E-state index contributed by atoms with van der Waals surface area (Å²) in [4.78, 5) is 28.7. The van der Waals surface area contributed by atoms with Crippen molar-refractivity contribution in [3.05, 3.63) is 29.8 Å². The number of hydrogen-bond donors (Lipinski definition) is 2. The molecule has 3 heterocycles. The van der Waals surface area contributed by atoms with Gasteiger partial charge in [-0.3, -0.25) is 14.3 Å². The van der Waals surface area contributed by atoms with Crippen LogP contribution in [0.2, 0.25) is 0 Å². The summed E-state index contributed by atoms with van der Waals surface area (Å²) in [7, 11) is 0. The minimum Gasteiger partial charge on any atom is -0.391 e. The van der Waals surface area contributed by atoms with E-state index in [9.17, 15) is 14.7 Å². The van der Waals surface area contributed by atoms with E-state index in [0.717, 1.165) is 37.1 Å². The lowest BCUT2D eigenvalue weighted by molar-refractivity contribution is -0.144. The zero-order chi connectivity index (χ0) is 25.4. The van der Waals surface area contributed by atoms with E-state index in [2.05, 4.69) is 20.7 Å². The van der Waals surface area contributed by atoms with E-state index in [1.54, 1.807) is 10.9 Å². The van der Waals surface area contributed by atoms with E-state index in [-0.39, 0.29) is 24.8 Å². The van der Waals surface area contributed by atoms with Gasteiger partial charge in [-0.05, 0) is 37.2 Å². The van der Waals surface area contributed by atoms with Crippen molar-refractivity contribution < 1.29 is 14.7 Å². The van der Waals surface area contributed by atoms with Gasteiger partial charge in [0.2, 0.25) is 11.8 Å². The average Bonchev–Trinajstić information content (AvgIpc) is 3.22. The number of rotatable bonds is 7. The SMILES string of the molecule is CC(C)(C)[C@@H](C(=O)N1CC(O)CC1C(=O)NCc1ccnn1C1CCCCC1)n1cc(C2CC2)nn1. The van der Waals surface area contributed by atoms with Crippen LogP contribution < -0.4 is 5.32 Å². The van der Waals surface area contributed by atoms with Crippen LogP contribution in [0.3, 0.4) is 0 Å². The second-order valence-electron chi connectivity index (χ2n) is 11.8. The van der Waals surface area contributed by atoms with Gasteiger partial charge in [0.05, 0.1) is 30.1 Å². The molecule has 2 N–H and O–H groups in total. The second kappa shape index (κ2) is 9.95. The molecular formula is C26H39N7O3. The zero-order valence-electron chi connectivity index (χ0n) is 21.6. The van der Waals surface area contributed by atoms with Crippen LogP contribution in [0.4, 0.5) is 0 Å². The molecule has 2 aromatic rings. The maximum Gasteiger partial charge on any atom is 0.248 e. The first-order chi connectivity index (χ1) is 17.2. The summed E-state index contributed by atoms with van der Waals surface area (Å²) in [5, 5.41) is 26.6. The van der Waals surface area contributed by atoms with Gasteiger partial charge in [-0.15, -0.1) is 5.10 Å². The van der Waals surface area contributed by atoms with Gasteiger partial charge in [-0.1, -0.05) is 45.2 Å². The summed E-state index contributed by atoms with van der Waals surface area (Å²) in [6.07, 6.45) is 11.2. The van der Waals surface area contributed by atoms with E-state index in [4.69, 9.17) is 0 Å². The fourth-order valence-corrected chi connectivity index (χ4v) is 5.76. The van der Waals surface area contributed by atoms with E-state index < -0.39 is 23.6 Å². The molecular weight excluding hydrogens is 458 g/mol. The van der Waals surface area contributed by atoms with Crippen molar-refractivity contribution in [1.82, 2.24) is 35.0 Å². The Bertz CT molecular complexity index is 1080. The van der Waals surface area contributed by atoms with Crippen molar-refractivity contribution in [2.24, 2.45) is 5.41 Å². The van der Waals surface area contributed by atoms with Crippen molar-refractivity contribution in [1.29, 1.82) is 0 Å². The van der Waals surface area contributed by atoms with E-state index in [1.165, 1.54) is 24.2 Å². The third-order valence-corrected chi connectivity index (χ3v) is 7.82. The average molecular weight is 498 g/mol. The minimum atomic E-state index is -0.740. The predicted octanol–water partition coefficient (Wildman–Crippen LogP) is 2.72. The Labute approximate surface area is 212 Å². The highest BCUT2D eigenvalue weighted by Crippen LogP contribution is 2.40. The number of nitrogens with one attached hydrogen (secondary N) is 1.